The number of fused-ring (bicyclic) bond motifs is 3. The molecular formula is C25H28ClFN6O. The van der Waals surface area contributed by atoms with Gasteiger partial charge in [0.05, 0.1) is 12.1 Å². The van der Waals surface area contributed by atoms with Gasteiger partial charge in [-0.1, -0.05) is 41.4 Å². The largest absolute Gasteiger partial charge is 0.352 e. The molecule has 3 N–H and O–H groups in total. The standard InChI is InChI=1S/C25H28ClFN6O/c1-15-3-4-16(2)19(11-15)21-13-22-25-30-29-23(32(25)9-10-33(22)31-21)7-8-24(34)28-14-17-5-6-18(27)12-20(17)26/h3-6,9-12,21-22,25,30-31H,7-8,13-14H2,1-2H3,(H,28,34). The number of carbonyl (C=O) groups excluding carboxylic acids is 1. The van der Waals surface area contributed by atoms with Gasteiger partial charge in [-0.25, -0.2) is 9.82 Å². The molecule has 1 fully saturated rings. The Labute approximate surface area is 203 Å². The number of rotatable bonds is 6. The molecule has 1 amide bonds. The molecule has 7 nitrogen and oxygen atoms in total. The molecule has 2 aromatic carbocycles. The SMILES string of the molecule is Cc1ccc(C)c(C2CC3C4NN=C(CCC(=O)NCc5ccc(F)cc5Cl)N4C=CN3N2)c1. The summed E-state index contributed by atoms with van der Waals surface area (Å²) in [7, 11) is 0. The number of carbonyl (C=O) groups is 1. The van der Waals surface area contributed by atoms with Crippen LogP contribution in [0.5, 0.6) is 0 Å². The van der Waals surface area contributed by atoms with Gasteiger partial charge in [-0.05, 0) is 49.1 Å². The Hall–Kier alpha value is -3.10. The lowest BCUT2D eigenvalue weighted by atomic mass is 9.95. The second-order valence-corrected chi connectivity index (χ2v) is 9.48. The quantitative estimate of drug-likeness (QED) is 0.583. The Morgan fingerprint density at radius 3 is 2.91 bits per heavy atom. The average Bonchev–Trinajstić information content (AvgIpc) is 3.42. The number of hydrogen-bond acceptors (Lipinski definition) is 6. The van der Waals surface area contributed by atoms with Gasteiger partial charge < -0.3 is 15.2 Å². The van der Waals surface area contributed by atoms with Crippen LogP contribution in [-0.2, 0) is 11.3 Å². The summed E-state index contributed by atoms with van der Waals surface area (Å²) in [5.74, 6) is 0.338. The number of halogens is 2. The van der Waals surface area contributed by atoms with Crippen LogP contribution in [0.2, 0.25) is 5.02 Å². The van der Waals surface area contributed by atoms with Crippen molar-refractivity contribution in [1.82, 2.24) is 26.1 Å². The zero-order valence-electron chi connectivity index (χ0n) is 19.2. The number of nitrogens with zero attached hydrogens (tertiary/aromatic N) is 3. The predicted octanol–water partition coefficient (Wildman–Crippen LogP) is 3.84. The third-order valence-electron chi connectivity index (χ3n) is 6.69. The molecule has 34 heavy (non-hydrogen) atoms. The number of hydrazone groups is 1. The molecule has 3 unspecified atom stereocenters. The van der Waals surface area contributed by atoms with Crippen molar-refractivity contribution < 1.29 is 9.18 Å². The number of amides is 1. The van der Waals surface area contributed by atoms with Crippen LogP contribution >= 0.6 is 11.6 Å². The Balaban J connectivity index is 1.16. The van der Waals surface area contributed by atoms with Crippen molar-refractivity contribution in [1.29, 1.82) is 0 Å². The van der Waals surface area contributed by atoms with E-state index in [9.17, 15) is 9.18 Å². The summed E-state index contributed by atoms with van der Waals surface area (Å²) in [5, 5.41) is 9.85. The van der Waals surface area contributed by atoms with Gasteiger partial charge in [0.15, 0.2) is 0 Å². The van der Waals surface area contributed by atoms with Crippen LogP contribution in [0.4, 0.5) is 4.39 Å². The van der Waals surface area contributed by atoms with E-state index in [2.05, 4.69) is 63.2 Å². The summed E-state index contributed by atoms with van der Waals surface area (Å²) in [6.07, 6.45) is 5.83. The minimum atomic E-state index is -0.396. The zero-order valence-corrected chi connectivity index (χ0v) is 19.9. The molecule has 3 atom stereocenters. The van der Waals surface area contributed by atoms with Crippen molar-refractivity contribution >= 4 is 23.3 Å². The second kappa shape index (κ2) is 9.27. The van der Waals surface area contributed by atoms with Crippen molar-refractivity contribution in [3.05, 3.63) is 81.9 Å². The third kappa shape index (κ3) is 4.48. The first-order valence-corrected chi connectivity index (χ1v) is 11.9. The van der Waals surface area contributed by atoms with Gasteiger partial charge in [0.2, 0.25) is 5.91 Å². The maximum absolute atomic E-state index is 13.2. The van der Waals surface area contributed by atoms with Crippen molar-refractivity contribution in [3.8, 4) is 0 Å². The fourth-order valence-electron chi connectivity index (χ4n) is 4.82. The zero-order chi connectivity index (χ0) is 23.8. The van der Waals surface area contributed by atoms with E-state index in [1.807, 2.05) is 12.4 Å². The summed E-state index contributed by atoms with van der Waals surface area (Å²) in [6.45, 7) is 4.54. The highest BCUT2D eigenvalue weighted by Gasteiger charge is 2.44. The van der Waals surface area contributed by atoms with Gasteiger partial charge in [0.1, 0.15) is 17.8 Å². The molecule has 178 valence electrons. The van der Waals surface area contributed by atoms with Gasteiger partial charge in [0, 0.05) is 36.8 Å². The molecule has 0 bridgehead atoms. The number of amidine groups is 1. The molecule has 2 aromatic rings. The average molecular weight is 483 g/mol. The molecule has 5 rings (SSSR count). The van der Waals surface area contributed by atoms with E-state index in [1.54, 1.807) is 6.07 Å². The van der Waals surface area contributed by atoms with Crippen molar-refractivity contribution in [2.45, 2.75) is 57.9 Å². The molecular weight excluding hydrogens is 455 g/mol. The fraction of sp³-hybridized carbons (Fsp3) is 0.360. The molecule has 0 aromatic heterocycles. The Morgan fingerprint density at radius 2 is 2.09 bits per heavy atom. The highest BCUT2D eigenvalue weighted by atomic mass is 35.5. The minimum Gasteiger partial charge on any atom is -0.352 e. The molecule has 1 saturated heterocycles. The normalized spacial score (nSPS) is 22.8. The van der Waals surface area contributed by atoms with Crippen LogP contribution < -0.4 is 16.2 Å². The summed E-state index contributed by atoms with van der Waals surface area (Å²) < 4.78 is 13.2. The number of aryl methyl sites for hydroxylation is 2. The van der Waals surface area contributed by atoms with Crippen LogP contribution in [0.25, 0.3) is 0 Å². The number of hydrazine groups is 1. The number of nitrogens with one attached hydrogen (secondary N) is 3. The van der Waals surface area contributed by atoms with E-state index < -0.39 is 5.82 Å². The van der Waals surface area contributed by atoms with Gasteiger partial charge >= 0.3 is 0 Å². The van der Waals surface area contributed by atoms with E-state index in [0.29, 0.717) is 23.4 Å². The molecule has 3 aliphatic heterocycles. The van der Waals surface area contributed by atoms with Crippen LogP contribution in [0.15, 0.2) is 53.9 Å². The topological polar surface area (TPSA) is 72.0 Å². The Kier molecular flexibility index (Phi) is 6.18. The van der Waals surface area contributed by atoms with Gasteiger partial charge in [-0.2, -0.15) is 5.10 Å². The minimum absolute atomic E-state index is 0.0173. The van der Waals surface area contributed by atoms with Crippen molar-refractivity contribution in [2.75, 3.05) is 0 Å². The Morgan fingerprint density at radius 1 is 1.24 bits per heavy atom. The highest BCUT2D eigenvalue weighted by molar-refractivity contribution is 6.31. The van der Waals surface area contributed by atoms with Crippen LogP contribution in [0.3, 0.4) is 0 Å². The summed E-state index contributed by atoms with van der Waals surface area (Å²) >= 11 is 6.04. The predicted molar refractivity (Wildman–Crippen MR) is 130 cm³/mol. The first-order valence-electron chi connectivity index (χ1n) is 11.5. The molecule has 0 aliphatic carbocycles. The lowest BCUT2D eigenvalue weighted by Gasteiger charge is -2.37. The monoisotopic (exact) mass is 482 g/mol. The lowest BCUT2D eigenvalue weighted by Crippen LogP contribution is -2.54. The molecule has 9 heteroatoms. The van der Waals surface area contributed by atoms with E-state index >= 15 is 0 Å². The van der Waals surface area contributed by atoms with E-state index in [0.717, 1.165) is 12.3 Å². The third-order valence-corrected chi connectivity index (χ3v) is 7.04. The Bertz CT molecular complexity index is 1170. The van der Waals surface area contributed by atoms with E-state index in [4.69, 9.17) is 11.6 Å². The van der Waals surface area contributed by atoms with Gasteiger partial charge in [-0.15, -0.1) is 0 Å². The summed E-state index contributed by atoms with van der Waals surface area (Å²) in [4.78, 5) is 14.5. The van der Waals surface area contributed by atoms with E-state index in [-0.39, 0.29) is 30.7 Å². The molecule has 3 heterocycles. The van der Waals surface area contributed by atoms with Crippen LogP contribution in [-0.4, -0.2) is 33.9 Å². The lowest BCUT2D eigenvalue weighted by molar-refractivity contribution is -0.121. The van der Waals surface area contributed by atoms with Gasteiger partial charge in [0.25, 0.3) is 0 Å². The maximum Gasteiger partial charge on any atom is 0.220 e. The maximum atomic E-state index is 13.2. The smallest absolute Gasteiger partial charge is 0.220 e. The first-order chi connectivity index (χ1) is 16.4. The van der Waals surface area contributed by atoms with Crippen LogP contribution in [0, 0.1) is 19.7 Å². The number of benzene rings is 2. The molecule has 0 spiro atoms. The summed E-state index contributed by atoms with van der Waals surface area (Å²) in [5.41, 5.74) is 11.4. The molecule has 3 aliphatic rings. The fourth-order valence-corrected chi connectivity index (χ4v) is 5.06. The number of hydrogen-bond donors (Lipinski definition) is 3. The van der Waals surface area contributed by atoms with Crippen molar-refractivity contribution in [2.24, 2.45) is 5.10 Å². The highest BCUT2D eigenvalue weighted by Crippen LogP contribution is 2.35. The van der Waals surface area contributed by atoms with Crippen LogP contribution in [0.1, 0.15) is 47.6 Å². The first kappa shape index (κ1) is 22.7. The van der Waals surface area contributed by atoms with E-state index in [1.165, 1.54) is 28.8 Å². The van der Waals surface area contributed by atoms with Gasteiger partial charge in [-0.3, -0.25) is 10.2 Å². The second-order valence-electron chi connectivity index (χ2n) is 9.07. The molecule has 0 radical (unpaired) electrons. The summed E-state index contributed by atoms with van der Waals surface area (Å²) in [6, 6.07) is 11.2. The van der Waals surface area contributed by atoms with Crippen molar-refractivity contribution in [3.63, 3.8) is 0 Å². The molecule has 0 saturated carbocycles.